The highest BCUT2D eigenvalue weighted by atomic mass is 127. The van der Waals surface area contributed by atoms with E-state index in [0.29, 0.717) is 6.54 Å². The number of methoxy groups -OCH3 is 1. The highest BCUT2D eigenvalue weighted by Gasteiger charge is 2.26. The van der Waals surface area contributed by atoms with Crippen LogP contribution < -0.4 is 5.32 Å². The number of imidazole rings is 1. The van der Waals surface area contributed by atoms with E-state index in [1.165, 1.54) is 7.11 Å². The summed E-state index contributed by atoms with van der Waals surface area (Å²) < 4.78 is 6.81. The number of guanidine groups is 1. The van der Waals surface area contributed by atoms with Gasteiger partial charge in [-0.25, -0.2) is 15.0 Å². The van der Waals surface area contributed by atoms with E-state index in [4.69, 9.17) is 9.73 Å². The van der Waals surface area contributed by atoms with Crippen LogP contribution in [-0.4, -0.2) is 58.1 Å². The topological polar surface area (TPSA) is 84.6 Å². The molecule has 29 heavy (non-hydrogen) atoms. The summed E-state index contributed by atoms with van der Waals surface area (Å²) in [6, 6.07) is 4.02. The molecule has 2 aromatic rings. The zero-order valence-electron chi connectivity index (χ0n) is 17.2. The van der Waals surface area contributed by atoms with Crippen LogP contribution in [0.5, 0.6) is 0 Å². The summed E-state index contributed by atoms with van der Waals surface area (Å²) in [4.78, 5) is 27.4. The predicted octanol–water partition coefficient (Wildman–Crippen LogP) is 2.54. The Labute approximate surface area is 188 Å². The van der Waals surface area contributed by atoms with E-state index in [-0.39, 0.29) is 35.9 Å². The first-order chi connectivity index (χ1) is 13.6. The van der Waals surface area contributed by atoms with Gasteiger partial charge in [0, 0.05) is 38.2 Å². The number of aliphatic imine (C=N–C) groups is 1. The second-order valence-corrected chi connectivity index (χ2v) is 6.82. The molecule has 0 amide bonds. The number of nitrogens with zero attached hydrogens (tertiary/aromatic N) is 5. The van der Waals surface area contributed by atoms with Crippen LogP contribution >= 0.6 is 24.0 Å². The molecular formula is C20H29IN6O2. The first-order valence-corrected chi connectivity index (χ1v) is 9.68. The number of hydrogen-bond acceptors (Lipinski definition) is 5. The molecule has 0 spiro atoms. The second kappa shape index (κ2) is 11.1. The number of halogens is 1. The number of pyridine rings is 1. The van der Waals surface area contributed by atoms with Crippen LogP contribution in [0.1, 0.15) is 31.2 Å². The van der Waals surface area contributed by atoms with Gasteiger partial charge in [-0.1, -0.05) is 6.07 Å². The Kier molecular flexibility index (Phi) is 8.87. The fraction of sp³-hybridized carbons (Fsp3) is 0.500. The summed E-state index contributed by atoms with van der Waals surface area (Å²) in [5, 5.41) is 3.35. The summed E-state index contributed by atoms with van der Waals surface area (Å²) >= 11 is 0. The average Bonchev–Trinajstić information content (AvgIpc) is 3.17. The molecule has 0 aliphatic carbocycles. The van der Waals surface area contributed by atoms with Crippen LogP contribution in [0.2, 0.25) is 0 Å². The molecule has 0 saturated carbocycles. The van der Waals surface area contributed by atoms with Gasteiger partial charge in [-0.05, 0) is 38.3 Å². The molecule has 2 aromatic heterocycles. The Morgan fingerprint density at radius 1 is 1.31 bits per heavy atom. The van der Waals surface area contributed by atoms with Gasteiger partial charge in [-0.15, -0.1) is 24.0 Å². The van der Waals surface area contributed by atoms with E-state index in [2.05, 4.69) is 27.1 Å². The molecule has 0 atom stereocenters. The van der Waals surface area contributed by atoms with Crippen molar-refractivity contribution in [1.82, 2.24) is 24.8 Å². The number of carbonyl (C=O) groups excluding carboxylic acids is 1. The third-order valence-electron chi connectivity index (χ3n) is 4.96. The maximum absolute atomic E-state index is 11.7. The SMILES string of the molecule is CCNC(=NCc1ccc(-n2ccnc2C)nc1)N1CCC(C(=O)OC)CC1.I. The molecule has 0 radical (unpaired) electrons. The summed E-state index contributed by atoms with van der Waals surface area (Å²) in [6.07, 6.45) is 7.10. The largest absolute Gasteiger partial charge is 0.469 e. The standard InChI is InChI=1S/C20H28N6O2.HI/c1-4-21-20(25-10-7-17(8-11-25)19(27)28-3)24-14-16-5-6-18(23-13-16)26-12-9-22-15(26)2;/h5-6,9,12-13,17H,4,7-8,10-11,14H2,1-3H3,(H,21,24);1H. The van der Waals surface area contributed by atoms with Gasteiger partial charge < -0.3 is 15.0 Å². The van der Waals surface area contributed by atoms with Crippen LogP contribution in [0.25, 0.3) is 5.82 Å². The van der Waals surface area contributed by atoms with Crippen LogP contribution in [0.4, 0.5) is 0 Å². The average molecular weight is 512 g/mol. The van der Waals surface area contributed by atoms with Gasteiger partial charge in [0.25, 0.3) is 0 Å². The monoisotopic (exact) mass is 512 g/mol. The molecule has 1 fully saturated rings. The van der Waals surface area contributed by atoms with Gasteiger partial charge in [-0.3, -0.25) is 9.36 Å². The maximum Gasteiger partial charge on any atom is 0.308 e. The van der Waals surface area contributed by atoms with Gasteiger partial charge in [0.2, 0.25) is 0 Å². The number of piperidine rings is 1. The lowest BCUT2D eigenvalue weighted by Crippen LogP contribution is -2.46. The highest BCUT2D eigenvalue weighted by molar-refractivity contribution is 14.0. The maximum atomic E-state index is 11.7. The smallest absolute Gasteiger partial charge is 0.308 e. The zero-order chi connectivity index (χ0) is 19.9. The van der Waals surface area contributed by atoms with Crippen molar-refractivity contribution in [3.8, 4) is 5.82 Å². The Morgan fingerprint density at radius 3 is 2.62 bits per heavy atom. The number of aromatic nitrogens is 3. The Bertz CT molecular complexity index is 813. The lowest BCUT2D eigenvalue weighted by molar-refractivity contribution is -0.146. The lowest BCUT2D eigenvalue weighted by atomic mass is 9.97. The minimum atomic E-state index is -0.110. The van der Waals surface area contributed by atoms with Gasteiger partial charge in [0.05, 0.1) is 19.6 Å². The molecule has 3 rings (SSSR count). The minimum Gasteiger partial charge on any atom is -0.469 e. The zero-order valence-corrected chi connectivity index (χ0v) is 19.5. The van der Waals surface area contributed by atoms with E-state index < -0.39 is 0 Å². The molecule has 0 aromatic carbocycles. The van der Waals surface area contributed by atoms with Crippen LogP contribution in [0, 0.1) is 12.8 Å². The summed E-state index contributed by atoms with van der Waals surface area (Å²) in [5.74, 6) is 2.51. The Hall–Kier alpha value is -2.17. The quantitative estimate of drug-likeness (QED) is 0.287. The van der Waals surface area contributed by atoms with E-state index in [1.54, 1.807) is 6.20 Å². The second-order valence-electron chi connectivity index (χ2n) is 6.82. The van der Waals surface area contributed by atoms with Gasteiger partial charge in [0.15, 0.2) is 5.96 Å². The van der Waals surface area contributed by atoms with Gasteiger partial charge in [0.1, 0.15) is 11.6 Å². The van der Waals surface area contributed by atoms with Crippen LogP contribution in [0.15, 0.2) is 35.7 Å². The first kappa shape index (κ1) is 23.1. The molecule has 158 valence electrons. The van der Waals surface area contributed by atoms with Gasteiger partial charge in [-0.2, -0.15) is 0 Å². The number of rotatable bonds is 5. The molecular weight excluding hydrogens is 483 g/mol. The third kappa shape index (κ3) is 5.91. The van der Waals surface area contributed by atoms with Crippen LogP contribution in [0.3, 0.4) is 0 Å². The summed E-state index contributed by atoms with van der Waals surface area (Å²) in [6.45, 7) is 6.94. The normalized spacial score (nSPS) is 15.0. The van der Waals surface area contributed by atoms with Crippen molar-refractivity contribution in [1.29, 1.82) is 0 Å². The fourth-order valence-corrected chi connectivity index (χ4v) is 3.36. The minimum absolute atomic E-state index is 0. The van der Waals surface area contributed by atoms with Crippen molar-refractivity contribution in [2.75, 3.05) is 26.7 Å². The number of nitrogens with one attached hydrogen (secondary N) is 1. The summed E-state index contributed by atoms with van der Waals surface area (Å²) in [7, 11) is 1.45. The van der Waals surface area contributed by atoms with E-state index in [9.17, 15) is 4.79 Å². The van der Waals surface area contributed by atoms with Crippen molar-refractivity contribution in [3.63, 3.8) is 0 Å². The number of aryl methyl sites for hydroxylation is 1. The molecule has 1 aliphatic rings. The number of hydrogen-bond donors (Lipinski definition) is 1. The van der Waals surface area contributed by atoms with Crippen LogP contribution in [-0.2, 0) is 16.1 Å². The Morgan fingerprint density at radius 2 is 2.07 bits per heavy atom. The van der Waals surface area contributed by atoms with Crippen molar-refractivity contribution < 1.29 is 9.53 Å². The highest BCUT2D eigenvalue weighted by Crippen LogP contribution is 2.18. The van der Waals surface area contributed by atoms with Crippen molar-refractivity contribution in [2.45, 2.75) is 33.2 Å². The molecule has 1 aliphatic heterocycles. The molecule has 3 heterocycles. The lowest BCUT2D eigenvalue weighted by Gasteiger charge is -2.33. The third-order valence-corrected chi connectivity index (χ3v) is 4.96. The Balaban J connectivity index is 0.00000300. The predicted molar refractivity (Wildman–Crippen MR) is 123 cm³/mol. The molecule has 8 nitrogen and oxygen atoms in total. The summed E-state index contributed by atoms with van der Waals surface area (Å²) in [5.41, 5.74) is 1.04. The fourth-order valence-electron chi connectivity index (χ4n) is 3.36. The van der Waals surface area contributed by atoms with Gasteiger partial charge >= 0.3 is 5.97 Å². The van der Waals surface area contributed by atoms with Crippen molar-refractivity contribution in [3.05, 3.63) is 42.1 Å². The number of likely N-dealkylation sites (tertiary alicyclic amines) is 1. The van der Waals surface area contributed by atoms with E-state index in [0.717, 1.165) is 55.6 Å². The molecule has 1 saturated heterocycles. The molecule has 9 heteroatoms. The molecule has 1 N–H and O–H groups in total. The first-order valence-electron chi connectivity index (χ1n) is 9.68. The number of carbonyl (C=O) groups is 1. The molecule has 0 bridgehead atoms. The number of ether oxygens (including phenoxy) is 1. The van der Waals surface area contributed by atoms with Crippen molar-refractivity contribution in [2.24, 2.45) is 10.9 Å². The van der Waals surface area contributed by atoms with E-state index in [1.807, 2.05) is 36.0 Å². The molecule has 0 unspecified atom stereocenters. The van der Waals surface area contributed by atoms with E-state index >= 15 is 0 Å². The number of esters is 1. The van der Waals surface area contributed by atoms with Crippen molar-refractivity contribution >= 4 is 35.9 Å².